The molecule has 0 radical (unpaired) electrons. The second-order valence-electron chi connectivity index (χ2n) is 6.25. The molecule has 0 saturated heterocycles. The lowest BCUT2D eigenvalue weighted by molar-refractivity contribution is -0.137. The van der Waals surface area contributed by atoms with Gasteiger partial charge in [-0.05, 0) is 49.5 Å². The first-order valence-electron chi connectivity index (χ1n) is 8.86. The fraction of sp³-hybridized carbons (Fsp3) is 0.474. The number of hydrogen-bond acceptors (Lipinski definition) is 3. The largest absolute Gasteiger partial charge is 0.416 e. The Morgan fingerprint density at radius 3 is 2.81 bits per heavy atom. The van der Waals surface area contributed by atoms with Gasteiger partial charge in [0.15, 0.2) is 0 Å². The summed E-state index contributed by atoms with van der Waals surface area (Å²) in [5.41, 5.74) is 4.05. The standard InChI is InChI=1S/C19H24F3N3O/c1-2-3-4-7-14-8-5-11-17(14)24-25-18(26)13-23-16-10-6-9-15(12-16)19(20,21)22/h6,8-10,12,23H,2-5,7,11,13H2,1H3,(H,25,26). The van der Waals surface area contributed by atoms with Gasteiger partial charge in [-0.1, -0.05) is 31.9 Å². The van der Waals surface area contributed by atoms with E-state index in [-0.39, 0.29) is 12.2 Å². The molecule has 0 saturated carbocycles. The van der Waals surface area contributed by atoms with Crippen LogP contribution in [0.25, 0.3) is 0 Å². The maximum atomic E-state index is 12.7. The van der Waals surface area contributed by atoms with E-state index in [1.807, 2.05) is 0 Å². The van der Waals surface area contributed by atoms with Gasteiger partial charge in [-0.3, -0.25) is 4.79 Å². The first kappa shape index (κ1) is 20.0. The molecule has 0 unspecified atom stereocenters. The van der Waals surface area contributed by atoms with E-state index in [1.54, 1.807) is 0 Å². The van der Waals surface area contributed by atoms with Crippen LogP contribution in [0.2, 0.25) is 0 Å². The van der Waals surface area contributed by atoms with Crippen molar-refractivity contribution >= 4 is 17.3 Å². The number of halogens is 3. The van der Waals surface area contributed by atoms with Crippen LogP contribution in [0.1, 0.15) is 51.0 Å². The van der Waals surface area contributed by atoms with E-state index in [4.69, 9.17) is 0 Å². The lowest BCUT2D eigenvalue weighted by atomic mass is 10.1. The number of hydrazone groups is 1. The van der Waals surface area contributed by atoms with Crippen LogP contribution in [0.4, 0.5) is 18.9 Å². The molecule has 0 atom stereocenters. The van der Waals surface area contributed by atoms with Gasteiger partial charge in [0.1, 0.15) is 0 Å². The van der Waals surface area contributed by atoms with E-state index in [2.05, 4.69) is 28.8 Å². The zero-order valence-corrected chi connectivity index (χ0v) is 14.8. The van der Waals surface area contributed by atoms with Gasteiger partial charge in [-0.2, -0.15) is 18.3 Å². The summed E-state index contributed by atoms with van der Waals surface area (Å²) in [6.45, 7) is 2.00. The monoisotopic (exact) mass is 367 g/mol. The highest BCUT2D eigenvalue weighted by molar-refractivity contribution is 6.02. The molecule has 1 aliphatic rings. The van der Waals surface area contributed by atoms with Crippen molar-refractivity contribution < 1.29 is 18.0 Å². The number of nitrogens with one attached hydrogen (secondary N) is 2. The first-order chi connectivity index (χ1) is 12.4. The van der Waals surface area contributed by atoms with Gasteiger partial charge >= 0.3 is 6.18 Å². The molecule has 0 aromatic heterocycles. The number of amides is 1. The number of unbranched alkanes of at least 4 members (excludes halogenated alkanes) is 2. The molecule has 1 aromatic carbocycles. The Morgan fingerprint density at radius 2 is 2.08 bits per heavy atom. The van der Waals surface area contributed by atoms with Crippen molar-refractivity contribution in [2.75, 3.05) is 11.9 Å². The molecule has 0 heterocycles. The molecule has 26 heavy (non-hydrogen) atoms. The maximum absolute atomic E-state index is 12.7. The van der Waals surface area contributed by atoms with Gasteiger partial charge in [0.05, 0.1) is 17.8 Å². The normalized spacial score (nSPS) is 15.8. The lowest BCUT2D eigenvalue weighted by Crippen LogP contribution is -2.27. The van der Waals surface area contributed by atoms with Crippen LogP contribution in [0.15, 0.2) is 41.0 Å². The van der Waals surface area contributed by atoms with E-state index in [1.165, 1.54) is 17.7 Å². The van der Waals surface area contributed by atoms with E-state index in [9.17, 15) is 18.0 Å². The highest BCUT2D eigenvalue weighted by atomic mass is 19.4. The van der Waals surface area contributed by atoms with Crippen molar-refractivity contribution in [3.05, 3.63) is 41.5 Å². The maximum Gasteiger partial charge on any atom is 0.416 e. The third kappa shape index (κ3) is 6.20. The van der Waals surface area contributed by atoms with Gasteiger partial charge in [0, 0.05) is 5.69 Å². The Balaban J connectivity index is 1.83. The summed E-state index contributed by atoms with van der Waals surface area (Å²) < 4.78 is 38.0. The Morgan fingerprint density at radius 1 is 1.27 bits per heavy atom. The number of allylic oxidation sites excluding steroid dienone is 2. The molecule has 0 bridgehead atoms. The number of rotatable bonds is 8. The van der Waals surface area contributed by atoms with Crippen molar-refractivity contribution in [1.82, 2.24) is 5.43 Å². The molecule has 4 nitrogen and oxygen atoms in total. The number of carbonyl (C=O) groups excluding carboxylic acids is 1. The van der Waals surface area contributed by atoms with Crippen molar-refractivity contribution in [1.29, 1.82) is 0 Å². The molecular weight excluding hydrogens is 343 g/mol. The predicted molar refractivity (Wildman–Crippen MR) is 97.0 cm³/mol. The molecule has 1 aliphatic carbocycles. The summed E-state index contributed by atoms with van der Waals surface area (Å²) in [6, 6.07) is 4.75. The minimum atomic E-state index is -4.41. The third-order valence-corrected chi connectivity index (χ3v) is 4.15. The average Bonchev–Trinajstić information content (AvgIpc) is 3.05. The summed E-state index contributed by atoms with van der Waals surface area (Å²) in [5, 5.41) is 6.87. The molecule has 1 amide bonds. The molecule has 0 aliphatic heterocycles. The van der Waals surface area contributed by atoms with E-state index in [0.717, 1.165) is 56.4 Å². The van der Waals surface area contributed by atoms with Gasteiger partial charge in [0.2, 0.25) is 0 Å². The van der Waals surface area contributed by atoms with Gasteiger partial charge < -0.3 is 5.32 Å². The quantitative estimate of drug-likeness (QED) is 0.508. The van der Waals surface area contributed by atoms with E-state index < -0.39 is 17.6 Å². The lowest BCUT2D eigenvalue weighted by Gasteiger charge is -2.10. The third-order valence-electron chi connectivity index (χ3n) is 4.15. The van der Waals surface area contributed by atoms with Crippen LogP contribution in [0, 0.1) is 0 Å². The Kier molecular flexibility index (Phi) is 7.24. The molecule has 0 fully saturated rings. The SMILES string of the molecule is CCCCCC1=CCCC1=NNC(=O)CNc1cccc(C(F)(F)F)c1. The number of nitrogens with zero attached hydrogens (tertiary/aromatic N) is 1. The Hall–Kier alpha value is -2.31. The number of benzene rings is 1. The average molecular weight is 367 g/mol. The highest BCUT2D eigenvalue weighted by Gasteiger charge is 2.30. The molecule has 0 spiro atoms. The van der Waals surface area contributed by atoms with Crippen molar-refractivity contribution in [2.45, 2.75) is 51.6 Å². The topological polar surface area (TPSA) is 53.5 Å². The Bertz CT molecular complexity index is 681. The number of anilines is 1. The van der Waals surface area contributed by atoms with Crippen LogP contribution in [0.5, 0.6) is 0 Å². The zero-order chi connectivity index (χ0) is 19.0. The molecule has 2 rings (SSSR count). The zero-order valence-electron chi connectivity index (χ0n) is 14.8. The molecule has 142 valence electrons. The van der Waals surface area contributed by atoms with Gasteiger partial charge in [-0.15, -0.1) is 0 Å². The molecule has 7 heteroatoms. The summed E-state index contributed by atoms with van der Waals surface area (Å²) in [7, 11) is 0. The summed E-state index contributed by atoms with van der Waals surface area (Å²) in [6.07, 6.45) is 3.87. The van der Waals surface area contributed by atoms with Crippen LogP contribution < -0.4 is 10.7 Å². The van der Waals surface area contributed by atoms with Crippen LogP contribution in [-0.4, -0.2) is 18.2 Å². The van der Waals surface area contributed by atoms with E-state index in [0.29, 0.717) is 0 Å². The molecule has 1 aromatic rings. The highest BCUT2D eigenvalue weighted by Crippen LogP contribution is 2.30. The molecular formula is C19H24F3N3O. The number of alkyl halides is 3. The fourth-order valence-electron chi connectivity index (χ4n) is 2.76. The first-order valence-corrected chi connectivity index (χ1v) is 8.86. The van der Waals surface area contributed by atoms with Crippen LogP contribution in [0.3, 0.4) is 0 Å². The van der Waals surface area contributed by atoms with Crippen molar-refractivity contribution in [3.8, 4) is 0 Å². The summed E-state index contributed by atoms with van der Waals surface area (Å²) in [4.78, 5) is 11.9. The fourth-order valence-corrected chi connectivity index (χ4v) is 2.76. The molecule has 2 N–H and O–H groups in total. The smallest absolute Gasteiger partial charge is 0.376 e. The van der Waals surface area contributed by atoms with Crippen LogP contribution >= 0.6 is 0 Å². The summed E-state index contributed by atoms with van der Waals surface area (Å²) >= 11 is 0. The Labute approximate surface area is 151 Å². The van der Waals surface area contributed by atoms with E-state index >= 15 is 0 Å². The second-order valence-corrected chi connectivity index (χ2v) is 6.25. The van der Waals surface area contributed by atoms with Gasteiger partial charge in [-0.25, -0.2) is 5.43 Å². The number of carbonyl (C=O) groups is 1. The van der Waals surface area contributed by atoms with Gasteiger partial charge in [0.25, 0.3) is 5.91 Å². The predicted octanol–water partition coefficient (Wildman–Crippen LogP) is 4.89. The van der Waals surface area contributed by atoms with Crippen molar-refractivity contribution in [3.63, 3.8) is 0 Å². The summed E-state index contributed by atoms with van der Waals surface area (Å²) in [5.74, 6) is -0.394. The number of hydrogen-bond donors (Lipinski definition) is 2. The minimum Gasteiger partial charge on any atom is -0.376 e. The second kappa shape index (κ2) is 9.40. The van der Waals surface area contributed by atoms with Crippen molar-refractivity contribution in [2.24, 2.45) is 5.10 Å². The van der Waals surface area contributed by atoms with Crippen LogP contribution in [-0.2, 0) is 11.0 Å². The minimum absolute atomic E-state index is 0.146.